The van der Waals surface area contributed by atoms with Crippen LogP contribution in [0.1, 0.15) is 30.0 Å². The summed E-state index contributed by atoms with van der Waals surface area (Å²) in [6.45, 7) is 0.960. The Bertz CT molecular complexity index is 1170. The lowest BCUT2D eigenvalue weighted by Gasteiger charge is -2.27. The fourth-order valence-electron chi connectivity index (χ4n) is 4.64. The number of ether oxygens (including phenoxy) is 5. The molecule has 0 aliphatic carbocycles. The number of likely N-dealkylation sites (tertiary alicyclic amines) is 1. The van der Waals surface area contributed by atoms with Gasteiger partial charge in [0.25, 0.3) is 11.7 Å². The number of ketones is 1. The minimum absolute atomic E-state index is 0.00548. The molecule has 0 saturated carbocycles. The van der Waals surface area contributed by atoms with E-state index in [1.807, 2.05) is 0 Å². The Labute approximate surface area is 196 Å². The van der Waals surface area contributed by atoms with Crippen molar-refractivity contribution in [3.05, 3.63) is 53.1 Å². The summed E-state index contributed by atoms with van der Waals surface area (Å²) in [6, 6.07) is 9.25. The largest absolute Gasteiger partial charge is 0.507 e. The molecule has 3 aliphatic heterocycles. The number of carbonyl (C=O) groups excluding carboxylic acids is 2. The first-order valence-corrected chi connectivity index (χ1v) is 11.0. The third kappa shape index (κ3) is 3.71. The molecule has 0 radical (unpaired) electrons. The van der Waals surface area contributed by atoms with Gasteiger partial charge in [-0.3, -0.25) is 9.59 Å². The third-order valence-electron chi connectivity index (χ3n) is 6.33. The van der Waals surface area contributed by atoms with Gasteiger partial charge in [-0.1, -0.05) is 6.07 Å². The van der Waals surface area contributed by atoms with E-state index in [1.54, 1.807) is 36.4 Å². The molecule has 2 atom stereocenters. The number of benzene rings is 2. The van der Waals surface area contributed by atoms with Crippen LogP contribution in [0.3, 0.4) is 0 Å². The molecule has 0 aromatic heterocycles. The van der Waals surface area contributed by atoms with Crippen molar-refractivity contribution in [3.8, 4) is 23.0 Å². The molecule has 5 rings (SSSR count). The van der Waals surface area contributed by atoms with Gasteiger partial charge in [-0.2, -0.15) is 0 Å². The minimum atomic E-state index is -0.813. The quantitative estimate of drug-likeness (QED) is 0.393. The highest BCUT2D eigenvalue weighted by Gasteiger charge is 2.47. The molecule has 3 heterocycles. The number of nitrogens with zero attached hydrogens (tertiary/aromatic N) is 1. The zero-order valence-electron chi connectivity index (χ0n) is 18.9. The van der Waals surface area contributed by atoms with Gasteiger partial charge < -0.3 is 33.7 Å². The smallest absolute Gasteiger partial charge is 0.295 e. The van der Waals surface area contributed by atoms with Crippen LogP contribution in [0.25, 0.3) is 5.76 Å². The molecule has 9 nitrogen and oxygen atoms in total. The summed E-state index contributed by atoms with van der Waals surface area (Å²) in [4.78, 5) is 27.9. The Hall–Kier alpha value is -3.72. The standard InChI is InChI=1S/C25H25NO8/c1-30-17-7-6-15(11-19(17)31-2)23(27)21-22(14-5-8-18-20(10-14)34-13-33-18)26(25(29)24(21)28)12-16-4-3-9-32-16/h5-8,10-11,16,22,27H,3-4,9,12-13H2,1-2H3/t16-,22-/m1/s1. The molecule has 3 aliphatic rings. The Morgan fingerprint density at radius 2 is 1.85 bits per heavy atom. The summed E-state index contributed by atoms with van der Waals surface area (Å²) < 4.78 is 27.3. The summed E-state index contributed by atoms with van der Waals surface area (Å²) in [5.41, 5.74) is 0.955. The summed E-state index contributed by atoms with van der Waals surface area (Å²) >= 11 is 0. The van der Waals surface area contributed by atoms with Crippen molar-refractivity contribution in [1.29, 1.82) is 0 Å². The Balaban J connectivity index is 1.63. The summed E-state index contributed by atoms with van der Waals surface area (Å²) in [5.74, 6) is 0.237. The number of hydrogen-bond donors (Lipinski definition) is 1. The van der Waals surface area contributed by atoms with E-state index in [0.717, 1.165) is 12.8 Å². The molecule has 1 amide bonds. The van der Waals surface area contributed by atoms with Crippen molar-refractivity contribution in [2.45, 2.75) is 25.0 Å². The second-order valence-electron chi connectivity index (χ2n) is 8.27. The van der Waals surface area contributed by atoms with Crippen LogP contribution >= 0.6 is 0 Å². The Morgan fingerprint density at radius 1 is 1.06 bits per heavy atom. The van der Waals surface area contributed by atoms with Crippen molar-refractivity contribution in [1.82, 2.24) is 4.90 Å². The molecule has 2 fully saturated rings. The second kappa shape index (κ2) is 8.90. The second-order valence-corrected chi connectivity index (χ2v) is 8.27. The number of fused-ring (bicyclic) bond motifs is 1. The molecule has 2 aromatic rings. The fourth-order valence-corrected chi connectivity index (χ4v) is 4.64. The summed E-state index contributed by atoms with van der Waals surface area (Å²) in [7, 11) is 2.99. The molecule has 0 spiro atoms. The zero-order chi connectivity index (χ0) is 23.8. The summed E-state index contributed by atoms with van der Waals surface area (Å²) in [6.07, 6.45) is 1.53. The van der Waals surface area contributed by atoms with Gasteiger partial charge in [-0.15, -0.1) is 0 Å². The first-order valence-electron chi connectivity index (χ1n) is 11.0. The number of aliphatic hydroxyl groups is 1. The molecule has 0 unspecified atom stereocenters. The van der Waals surface area contributed by atoms with Crippen molar-refractivity contribution >= 4 is 17.4 Å². The fraction of sp³-hybridized carbons (Fsp3) is 0.360. The maximum Gasteiger partial charge on any atom is 0.295 e. The SMILES string of the molecule is COc1ccc(C(O)=C2C(=O)C(=O)N(C[C@H]3CCCO3)[C@@H]2c2ccc3c(c2)OCO3)cc1OC. The van der Waals surface area contributed by atoms with E-state index in [-0.39, 0.29) is 30.8 Å². The van der Waals surface area contributed by atoms with Crippen LogP contribution in [-0.2, 0) is 14.3 Å². The summed E-state index contributed by atoms with van der Waals surface area (Å²) in [5, 5.41) is 11.3. The first kappa shape index (κ1) is 22.1. The average molecular weight is 467 g/mol. The molecule has 178 valence electrons. The number of Topliss-reactive ketones (excluding diaryl/α,β-unsaturated/α-hetero) is 1. The topological polar surface area (TPSA) is 104 Å². The lowest BCUT2D eigenvalue weighted by Crippen LogP contribution is -2.36. The van der Waals surface area contributed by atoms with Gasteiger partial charge in [-0.05, 0) is 48.7 Å². The number of aliphatic hydroxyl groups excluding tert-OH is 1. The Morgan fingerprint density at radius 3 is 2.59 bits per heavy atom. The van der Waals surface area contributed by atoms with E-state index in [1.165, 1.54) is 19.1 Å². The molecular weight excluding hydrogens is 442 g/mol. The minimum Gasteiger partial charge on any atom is -0.507 e. The monoisotopic (exact) mass is 467 g/mol. The van der Waals surface area contributed by atoms with E-state index in [2.05, 4.69) is 0 Å². The van der Waals surface area contributed by atoms with E-state index in [0.29, 0.717) is 40.7 Å². The molecule has 1 N–H and O–H groups in total. The van der Waals surface area contributed by atoms with Crippen LogP contribution < -0.4 is 18.9 Å². The van der Waals surface area contributed by atoms with Gasteiger partial charge in [0.2, 0.25) is 6.79 Å². The van der Waals surface area contributed by atoms with Gasteiger partial charge >= 0.3 is 0 Å². The van der Waals surface area contributed by atoms with E-state index in [9.17, 15) is 14.7 Å². The highest BCUT2D eigenvalue weighted by molar-refractivity contribution is 6.46. The van der Waals surface area contributed by atoms with Gasteiger partial charge in [0.05, 0.1) is 31.9 Å². The molecule has 2 aromatic carbocycles. The van der Waals surface area contributed by atoms with Crippen LogP contribution in [0.2, 0.25) is 0 Å². The van der Waals surface area contributed by atoms with Crippen LogP contribution in [0.5, 0.6) is 23.0 Å². The number of rotatable bonds is 6. The number of hydrogen-bond acceptors (Lipinski definition) is 8. The van der Waals surface area contributed by atoms with Crippen LogP contribution in [0.15, 0.2) is 42.0 Å². The van der Waals surface area contributed by atoms with Crippen molar-refractivity contribution < 1.29 is 38.4 Å². The van der Waals surface area contributed by atoms with Crippen molar-refractivity contribution in [2.75, 3.05) is 34.2 Å². The maximum atomic E-state index is 13.2. The Kier molecular flexibility index (Phi) is 5.79. The molecule has 34 heavy (non-hydrogen) atoms. The molecule has 9 heteroatoms. The van der Waals surface area contributed by atoms with Crippen molar-refractivity contribution in [2.24, 2.45) is 0 Å². The highest BCUT2D eigenvalue weighted by atomic mass is 16.7. The first-order chi connectivity index (χ1) is 16.5. The highest BCUT2D eigenvalue weighted by Crippen LogP contribution is 2.44. The average Bonchev–Trinajstić information content (AvgIpc) is 3.60. The number of methoxy groups -OCH3 is 2. The van der Waals surface area contributed by atoms with E-state index >= 15 is 0 Å². The number of amides is 1. The van der Waals surface area contributed by atoms with Crippen LogP contribution in [-0.4, -0.2) is 62.0 Å². The van der Waals surface area contributed by atoms with Gasteiger partial charge in [0, 0.05) is 18.7 Å². The maximum absolute atomic E-state index is 13.2. The lowest BCUT2D eigenvalue weighted by molar-refractivity contribution is -0.140. The normalized spacial score (nSPS) is 22.9. The van der Waals surface area contributed by atoms with E-state index < -0.39 is 17.7 Å². The van der Waals surface area contributed by atoms with Gasteiger partial charge in [0.15, 0.2) is 23.0 Å². The van der Waals surface area contributed by atoms with Gasteiger partial charge in [0.1, 0.15) is 5.76 Å². The zero-order valence-corrected chi connectivity index (χ0v) is 18.9. The van der Waals surface area contributed by atoms with Crippen LogP contribution in [0, 0.1) is 0 Å². The molecule has 2 saturated heterocycles. The third-order valence-corrected chi connectivity index (χ3v) is 6.33. The van der Waals surface area contributed by atoms with Gasteiger partial charge in [-0.25, -0.2) is 0 Å². The number of carbonyl (C=O) groups is 2. The molecule has 0 bridgehead atoms. The predicted octanol–water partition coefficient (Wildman–Crippen LogP) is 3.03. The predicted molar refractivity (Wildman–Crippen MR) is 120 cm³/mol. The van der Waals surface area contributed by atoms with Crippen LogP contribution in [0.4, 0.5) is 0 Å². The van der Waals surface area contributed by atoms with Crippen molar-refractivity contribution in [3.63, 3.8) is 0 Å². The molecular formula is C25H25NO8. The lowest BCUT2D eigenvalue weighted by atomic mass is 9.94. The van der Waals surface area contributed by atoms with E-state index in [4.69, 9.17) is 23.7 Å².